The molecule has 0 saturated carbocycles. The van der Waals surface area contributed by atoms with Crippen molar-refractivity contribution < 1.29 is 0 Å². The SMILES string of the molecule is C1=C(Cc2ccccc2)NCC1. The normalized spacial score (nSPS) is 15.5. The second-order valence-corrected chi connectivity index (χ2v) is 3.11. The van der Waals surface area contributed by atoms with Gasteiger partial charge >= 0.3 is 0 Å². The van der Waals surface area contributed by atoms with Gasteiger partial charge in [-0.1, -0.05) is 36.4 Å². The molecule has 1 aliphatic heterocycles. The molecule has 1 heteroatoms. The van der Waals surface area contributed by atoms with E-state index in [2.05, 4.69) is 41.7 Å². The molecule has 1 nitrogen and oxygen atoms in total. The molecule has 0 spiro atoms. The predicted octanol–water partition coefficient (Wildman–Crippen LogP) is 2.11. The third-order valence-electron chi connectivity index (χ3n) is 2.12. The summed E-state index contributed by atoms with van der Waals surface area (Å²) in [6.07, 6.45) is 4.52. The second-order valence-electron chi connectivity index (χ2n) is 3.11. The van der Waals surface area contributed by atoms with Gasteiger partial charge < -0.3 is 5.32 Å². The maximum atomic E-state index is 3.37. The molecule has 2 rings (SSSR count). The Hall–Kier alpha value is -1.24. The lowest BCUT2D eigenvalue weighted by Crippen LogP contribution is -2.09. The molecular weight excluding hydrogens is 146 g/mol. The van der Waals surface area contributed by atoms with E-state index in [1.807, 2.05) is 0 Å². The zero-order valence-electron chi connectivity index (χ0n) is 7.09. The summed E-state index contributed by atoms with van der Waals surface area (Å²) in [6.45, 7) is 1.11. The number of rotatable bonds is 2. The van der Waals surface area contributed by atoms with Crippen molar-refractivity contribution in [3.63, 3.8) is 0 Å². The molecule has 0 atom stereocenters. The van der Waals surface area contributed by atoms with Gasteiger partial charge in [0.1, 0.15) is 0 Å². The van der Waals surface area contributed by atoms with Crippen molar-refractivity contribution in [3.8, 4) is 0 Å². The van der Waals surface area contributed by atoms with Crippen LogP contribution in [-0.4, -0.2) is 6.54 Å². The first kappa shape index (κ1) is 7.41. The average Bonchev–Trinajstić information content (AvgIpc) is 2.59. The van der Waals surface area contributed by atoms with Crippen molar-refractivity contribution in [2.75, 3.05) is 6.54 Å². The highest BCUT2D eigenvalue weighted by Crippen LogP contribution is 2.09. The topological polar surface area (TPSA) is 12.0 Å². The third kappa shape index (κ3) is 1.67. The van der Waals surface area contributed by atoms with Crippen LogP contribution in [0.25, 0.3) is 0 Å². The van der Waals surface area contributed by atoms with Gasteiger partial charge in [-0.05, 0) is 12.0 Å². The molecule has 1 aromatic carbocycles. The van der Waals surface area contributed by atoms with E-state index in [0.717, 1.165) is 13.0 Å². The first-order valence-corrected chi connectivity index (χ1v) is 4.42. The first-order valence-electron chi connectivity index (χ1n) is 4.42. The second kappa shape index (κ2) is 3.44. The molecule has 12 heavy (non-hydrogen) atoms. The molecule has 0 amide bonds. The lowest BCUT2D eigenvalue weighted by Gasteiger charge is -2.03. The molecule has 62 valence electrons. The number of benzene rings is 1. The van der Waals surface area contributed by atoms with Crippen LogP contribution in [0.2, 0.25) is 0 Å². The molecule has 0 saturated heterocycles. The maximum absolute atomic E-state index is 3.37. The molecule has 1 aliphatic rings. The quantitative estimate of drug-likeness (QED) is 0.697. The summed E-state index contributed by atoms with van der Waals surface area (Å²) in [7, 11) is 0. The van der Waals surface area contributed by atoms with Crippen molar-refractivity contribution in [1.82, 2.24) is 5.32 Å². The predicted molar refractivity (Wildman–Crippen MR) is 50.8 cm³/mol. The van der Waals surface area contributed by atoms with Gasteiger partial charge in [-0.25, -0.2) is 0 Å². The lowest BCUT2D eigenvalue weighted by atomic mass is 10.1. The monoisotopic (exact) mass is 159 g/mol. The highest BCUT2D eigenvalue weighted by Gasteiger charge is 2.02. The van der Waals surface area contributed by atoms with Crippen molar-refractivity contribution >= 4 is 0 Å². The highest BCUT2D eigenvalue weighted by atomic mass is 14.9. The van der Waals surface area contributed by atoms with Crippen LogP contribution in [-0.2, 0) is 6.42 Å². The Labute approximate surface area is 73.1 Å². The molecule has 0 aromatic heterocycles. The molecule has 1 aromatic rings. The van der Waals surface area contributed by atoms with Crippen LogP contribution in [0, 0.1) is 0 Å². The van der Waals surface area contributed by atoms with E-state index >= 15 is 0 Å². The fraction of sp³-hybridized carbons (Fsp3) is 0.273. The molecule has 0 fully saturated rings. The van der Waals surface area contributed by atoms with Crippen LogP contribution in [0.1, 0.15) is 12.0 Å². The summed E-state index contributed by atoms with van der Waals surface area (Å²) in [5.41, 5.74) is 2.76. The van der Waals surface area contributed by atoms with Crippen LogP contribution < -0.4 is 5.32 Å². The van der Waals surface area contributed by atoms with Gasteiger partial charge in [0.25, 0.3) is 0 Å². The van der Waals surface area contributed by atoms with E-state index in [-0.39, 0.29) is 0 Å². The van der Waals surface area contributed by atoms with Crippen LogP contribution in [0.3, 0.4) is 0 Å². The molecule has 1 heterocycles. The van der Waals surface area contributed by atoms with E-state index in [4.69, 9.17) is 0 Å². The van der Waals surface area contributed by atoms with E-state index < -0.39 is 0 Å². The fourth-order valence-electron chi connectivity index (χ4n) is 1.50. The third-order valence-corrected chi connectivity index (χ3v) is 2.12. The summed E-state index contributed by atoms with van der Waals surface area (Å²) < 4.78 is 0. The number of allylic oxidation sites excluding steroid dienone is 1. The van der Waals surface area contributed by atoms with Gasteiger partial charge in [0, 0.05) is 18.7 Å². The minimum absolute atomic E-state index is 1.06. The minimum Gasteiger partial charge on any atom is -0.388 e. The summed E-state index contributed by atoms with van der Waals surface area (Å²) >= 11 is 0. The summed E-state index contributed by atoms with van der Waals surface area (Å²) in [5, 5.41) is 3.37. The molecular formula is C11H13N. The van der Waals surface area contributed by atoms with E-state index in [1.165, 1.54) is 17.7 Å². The Morgan fingerprint density at radius 3 is 2.67 bits per heavy atom. The Balaban J connectivity index is 2.04. The van der Waals surface area contributed by atoms with Gasteiger partial charge in [-0.2, -0.15) is 0 Å². The van der Waals surface area contributed by atoms with Crippen LogP contribution in [0.4, 0.5) is 0 Å². The Bertz CT molecular complexity index is 274. The number of hydrogen-bond donors (Lipinski definition) is 1. The maximum Gasteiger partial charge on any atom is 0.0179 e. The Morgan fingerprint density at radius 2 is 2.00 bits per heavy atom. The van der Waals surface area contributed by atoms with Gasteiger partial charge in [0.2, 0.25) is 0 Å². The molecule has 0 bridgehead atoms. The largest absolute Gasteiger partial charge is 0.388 e. The minimum atomic E-state index is 1.06. The smallest absolute Gasteiger partial charge is 0.0179 e. The van der Waals surface area contributed by atoms with Crippen LogP contribution >= 0.6 is 0 Å². The van der Waals surface area contributed by atoms with Crippen LogP contribution in [0.5, 0.6) is 0 Å². The van der Waals surface area contributed by atoms with E-state index in [9.17, 15) is 0 Å². The summed E-state index contributed by atoms with van der Waals surface area (Å²) in [4.78, 5) is 0. The van der Waals surface area contributed by atoms with E-state index in [1.54, 1.807) is 0 Å². The highest BCUT2D eigenvalue weighted by molar-refractivity contribution is 5.22. The fourth-order valence-corrected chi connectivity index (χ4v) is 1.50. The van der Waals surface area contributed by atoms with Crippen molar-refractivity contribution in [3.05, 3.63) is 47.7 Å². The zero-order valence-corrected chi connectivity index (χ0v) is 7.09. The van der Waals surface area contributed by atoms with Crippen molar-refractivity contribution in [2.45, 2.75) is 12.8 Å². The molecule has 0 radical (unpaired) electrons. The molecule has 1 N–H and O–H groups in total. The van der Waals surface area contributed by atoms with Crippen LogP contribution in [0.15, 0.2) is 42.1 Å². The molecule has 0 aliphatic carbocycles. The van der Waals surface area contributed by atoms with Gasteiger partial charge in [0.15, 0.2) is 0 Å². The molecule has 0 unspecified atom stereocenters. The number of hydrogen-bond acceptors (Lipinski definition) is 1. The number of nitrogens with one attached hydrogen (secondary N) is 1. The first-order chi connectivity index (χ1) is 5.95. The van der Waals surface area contributed by atoms with Gasteiger partial charge in [0.05, 0.1) is 0 Å². The van der Waals surface area contributed by atoms with Gasteiger partial charge in [-0.15, -0.1) is 0 Å². The van der Waals surface area contributed by atoms with Crippen molar-refractivity contribution in [1.29, 1.82) is 0 Å². The van der Waals surface area contributed by atoms with Crippen molar-refractivity contribution in [2.24, 2.45) is 0 Å². The standard InChI is InChI=1S/C11H13N/c1-2-5-10(6-3-1)9-11-7-4-8-12-11/h1-3,5-7,12H,4,8-9H2. The Kier molecular flexibility index (Phi) is 2.12. The van der Waals surface area contributed by atoms with Gasteiger partial charge in [-0.3, -0.25) is 0 Å². The lowest BCUT2D eigenvalue weighted by molar-refractivity contribution is 0.847. The Morgan fingerprint density at radius 1 is 1.17 bits per heavy atom. The van der Waals surface area contributed by atoms with E-state index in [0.29, 0.717) is 0 Å². The summed E-state index contributed by atoms with van der Waals surface area (Å²) in [5.74, 6) is 0. The average molecular weight is 159 g/mol. The summed E-state index contributed by atoms with van der Waals surface area (Å²) in [6, 6.07) is 10.6. The zero-order chi connectivity index (χ0) is 8.23.